The number of carbonyl (C=O) groups is 1. The molecule has 1 aliphatic carbocycles. The first-order valence-corrected chi connectivity index (χ1v) is 6.64. The van der Waals surface area contributed by atoms with Crippen LogP contribution < -0.4 is 5.48 Å². The molecule has 0 saturated carbocycles. The van der Waals surface area contributed by atoms with E-state index in [9.17, 15) is 4.79 Å². The fourth-order valence-corrected chi connectivity index (χ4v) is 2.14. The molecule has 0 fully saturated rings. The summed E-state index contributed by atoms with van der Waals surface area (Å²) < 4.78 is 0. The SMILES string of the molecule is CONC1=CCC=C1CCCCCCCC(=O)O. The van der Waals surface area contributed by atoms with E-state index in [1.807, 2.05) is 0 Å². The normalized spacial score (nSPS) is 14.3. The van der Waals surface area contributed by atoms with Gasteiger partial charge in [0.1, 0.15) is 0 Å². The summed E-state index contributed by atoms with van der Waals surface area (Å²) in [5.74, 6) is -0.688. The van der Waals surface area contributed by atoms with Crippen molar-refractivity contribution in [1.29, 1.82) is 0 Å². The minimum atomic E-state index is -0.688. The van der Waals surface area contributed by atoms with Crippen molar-refractivity contribution in [3.05, 3.63) is 23.4 Å². The van der Waals surface area contributed by atoms with Crippen molar-refractivity contribution >= 4 is 5.97 Å². The van der Waals surface area contributed by atoms with Crippen molar-refractivity contribution in [2.75, 3.05) is 7.11 Å². The third-order valence-electron chi connectivity index (χ3n) is 3.08. The number of rotatable bonds is 10. The van der Waals surface area contributed by atoms with Crippen molar-refractivity contribution in [2.45, 2.75) is 51.4 Å². The fraction of sp³-hybridized carbons (Fsp3) is 0.643. The van der Waals surface area contributed by atoms with Gasteiger partial charge in [-0.05, 0) is 31.3 Å². The Morgan fingerprint density at radius 2 is 2.00 bits per heavy atom. The molecule has 0 saturated heterocycles. The highest BCUT2D eigenvalue weighted by Crippen LogP contribution is 2.22. The lowest BCUT2D eigenvalue weighted by atomic mass is 10.0. The van der Waals surface area contributed by atoms with Crippen LogP contribution in [0.3, 0.4) is 0 Å². The van der Waals surface area contributed by atoms with Gasteiger partial charge in [0.25, 0.3) is 0 Å². The first kappa shape index (κ1) is 14.8. The van der Waals surface area contributed by atoms with Crippen molar-refractivity contribution in [3.63, 3.8) is 0 Å². The Labute approximate surface area is 109 Å². The maximum atomic E-state index is 10.3. The molecule has 0 aromatic rings. The van der Waals surface area contributed by atoms with Gasteiger partial charge in [-0.15, -0.1) is 0 Å². The summed E-state index contributed by atoms with van der Waals surface area (Å²) in [7, 11) is 1.62. The van der Waals surface area contributed by atoms with Crippen LogP contribution in [-0.4, -0.2) is 18.2 Å². The summed E-state index contributed by atoms with van der Waals surface area (Å²) in [4.78, 5) is 15.3. The Balaban J connectivity index is 2.01. The smallest absolute Gasteiger partial charge is 0.303 e. The van der Waals surface area contributed by atoms with E-state index in [2.05, 4.69) is 17.6 Å². The maximum absolute atomic E-state index is 10.3. The second-order valence-corrected chi connectivity index (χ2v) is 4.55. The molecule has 18 heavy (non-hydrogen) atoms. The van der Waals surface area contributed by atoms with Crippen LogP contribution in [-0.2, 0) is 9.63 Å². The second-order valence-electron chi connectivity index (χ2n) is 4.55. The van der Waals surface area contributed by atoms with E-state index in [0.717, 1.165) is 50.6 Å². The van der Waals surface area contributed by atoms with Crippen molar-refractivity contribution in [3.8, 4) is 0 Å². The standard InChI is InChI=1S/C14H23NO3/c1-18-15-13-10-7-9-12(13)8-5-3-2-4-6-11-14(16)17/h9-10,15H,2-8,11H2,1H3,(H,16,17). The number of hydrogen-bond acceptors (Lipinski definition) is 3. The van der Waals surface area contributed by atoms with Gasteiger partial charge in [-0.1, -0.05) is 31.4 Å². The van der Waals surface area contributed by atoms with Gasteiger partial charge < -0.3 is 5.11 Å². The third kappa shape index (κ3) is 5.87. The molecular weight excluding hydrogens is 230 g/mol. The summed E-state index contributed by atoms with van der Waals surface area (Å²) >= 11 is 0. The monoisotopic (exact) mass is 253 g/mol. The van der Waals surface area contributed by atoms with E-state index in [0.29, 0.717) is 6.42 Å². The Hall–Kier alpha value is -1.29. The molecule has 0 aromatic carbocycles. The molecule has 0 aliphatic heterocycles. The molecule has 0 amide bonds. The molecule has 4 nitrogen and oxygen atoms in total. The molecule has 102 valence electrons. The highest BCUT2D eigenvalue weighted by Gasteiger charge is 2.08. The van der Waals surface area contributed by atoms with Crippen LogP contribution in [0.25, 0.3) is 0 Å². The second kappa shape index (κ2) is 8.75. The summed E-state index contributed by atoms with van der Waals surface area (Å²) in [6, 6.07) is 0. The minimum absolute atomic E-state index is 0.301. The predicted octanol–water partition coefficient (Wildman–Crippen LogP) is 3.17. The zero-order valence-electron chi connectivity index (χ0n) is 11.1. The van der Waals surface area contributed by atoms with Gasteiger partial charge in [0.2, 0.25) is 0 Å². The van der Waals surface area contributed by atoms with E-state index in [-0.39, 0.29) is 0 Å². The van der Waals surface area contributed by atoms with Gasteiger partial charge in [-0.3, -0.25) is 15.1 Å². The Kier molecular flexibility index (Phi) is 7.18. The zero-order chi connectivity index (χ0) is 13.2. The lowest BCUT2D eigenvalue weighted by Gasteiger charge is -2.09. The number of aliphatic carboxylic acids is 1. The Morgan fingerprint density at radius 3 is 2.72 bits per heavy atom. The van der Waals surface area contributed by atoms with Gasteiger partial charge in [0, 0.05) is 6.42 Å². The molecule has 0 aromatic heterocycles. The molecule has 0 radical (unpaired) electrons. The summed E-state index contributed by atoms with van der Waals surface area (Å²) in [5, 5.41) is 8.51. The highest BCUT2D eigenvalue weighted by atomic mass is 16.6. The van der Waals surface area contributed by atoms with E-state index in [4.69, 9.17) is 9.94 Å². The van der Waals surface area contributed by atoms with Crippen LogP contribution in [0.1, 0.15) is 51.4 Å². The number of carboxylic acids is 1. The van der Waals surface area contributed by atoms with E-state index in [1.165, 1.54) is 5.57 Å². The topological polar surface area (TPSA) is 58.6 Å². The number of carboxylic acid groups (broad SMARTS) is 1. The molecule has 1 rings (SSSR count). The molecule has 0 spiro atoms. The minimum Gasteiger partial charge on any atom is -0.481 e. The van der Waals surface area contributed by atoms with Gasteiger partial charge >= 0.3 is 5.97 Å². The van der Waals surface area contributed by atoms with Gasteiger partial charge in [-0.25, -0.2) is 0 Å². The average Bonchev–Trinajstić information content (AvgIpc) is 2.76. The molecule has 0 heterocycles. The lowest BCUT2D eigenvalue weighted by Crippen LogP contribution is -2.11. The molecular formula is C14H23NO3. The average molecular weight is 253 g/mol. The lowest BCUT2D eigenvalue weighted by molar-refractivity contribution is -0.137. The van der Waals surface area contributed by atoms with Crippen molar-refractivity contribution in [2.24, 2.45) is 0 Å². The first-order valence-electron chi connectivity index (χ1n) is 6.64. The molecule has 1 aliphatic rings. The van der Waals surface area contributed by atoms with Crippen molar-refractivity contribution < 1.29 is 14.7 Å². The molecule has 2 N–H and O–H groups in total. The quantitative estimate of drug-likeness (QED) is 0.464. The fourth-order valence-electron chi connectivity index (χ4n) is 2.14. The number of unbranched alkanes of at least 4 members (excludes halogenated alkanes) is 4. The van der Waals surface area contributed by atoms with Crippen LogP contribution in [0.2, 0.25) is 0 Å². The predicted molar refractivity (Wildman–Crippen MR) is 70.9 cm³/mol. The van der Waals surface area contributed by atoms with Crippen LogP contribution in [0.4, 0.5) is 0 Å². The van der Waals surface area contributed by atoms with Gasteiger partial charge in [0.05, 0.1) is 12.8 Å². The first-order chi connectivity index (χ1) is 8.74. The third-order valence-corrected chi connectivity index (χ3v) is 3.08. The van der Waals surface area contributed by atoms with E-state index in [1.54, 1.807) is 7.11 Å². The van der Waals surface area contributed by atoms with Crippen LogP contribution in [0.5, 0.6) is 0 Å². The van der Waals surface area contributed by atoms with Crippen molar-refractivity contribution in [1.82, 2.24) is 5.48 Å². The summed E-state index contributed by atoms with van der Waals surface area (Å²) in [6.07, 6.45) is 12.0. The number of hydroxylamine groups is 1. The van der Waals surface area contributed by atoms with Crippen LogP contribution >= 0.6 is 0 Å². The molecule has 0 atom stereocenters. The van der Waals surface area contributed by atoms with Crippen LogP contribution in [0, 0.1) is 0 Å². The Morgan fingerprint density at radius 1 is 1.28 bits per heavy atom. The largest absolute Gasteiger partial charge is 0.481 e. The van der Waals surface area contributed by atoms with Crippen LogP contribution in [0.15, 0.2) is 23.4 Å². The zero-order valence-corrected chi connectivity index (χ0v) is 11.1. The van der Waals surface area contributed by atoms with E-state index < -0.39 is 5.97 Å². The number of hydrogen-bond donors (Lipinski definition) is 2. The molecule has 0 bridgehead atoms. The molecule has 4 heteroatoms. The maximum Gasteiger partial charge on any atom is 0.303 e. The number of allylic oxidation sites excluding steroid dienone is 3. The summed E-state index contributed by atoms with van der Waals surface area (Å²) in [6.45, 7) is 0. The van der Waals surface area contributed by atoms with Gasteiger partial charge in [-0.2, -0.15) is 0 Å². The van der Waals surface area contributed by atoms with E-state index >= 15 is 0 Å². The highest BCUT2D eigenvalue weighted by molar-refractivity contribution is 5.66. The Bertz CT molecular complexity index is 321. The van der Waals surface area contributed by atoms with Gasteiger partial charge in [0.15, 0.2) is 0 Å². The molecule has 0 unspecified atom stereocenters. The summed E-state index contributed by atoms with van der Waals surface area (Å²) in [5.41, 5.74) is 5.33. The number of nitrogens with one attached hydrogen (secondary N) is 1.